The first-order valence-corrected chi connectivity index (χ1v) is 7.89. The quantitative estimate of drug-likeness (QED) is 0.658. The number of aliphatic imine (C=N–C) groups is 1. The Morgan fingerprint density at radius 1 is 1.55 bits per heavy atom. The number of thiazole rings is 1. The molecule has 108 valence electrons. The van der Waals surface area contributed by atoms with E-state index in [4.69, 9.17) is 17.3 Å². The smallest absolute Gasteiger partial charge is 0.188 e. The van der Waals surface area contributed by atoms with Crippen LogP contribution in [0.1, 0.15) is 25.3 Å². The lowest BCUT2D eigenvalue weighted by atomic mass is 10.3. The van der Waals surface area contributed by atoms with Gasteiger partial charge >= 0.3 is 0 Å². The zero-order valence-corrected chi connectivity index (χ0v) is 13.3. The number of hydrogen-bond acceptors (Lipinski definition) is 3. The Labute approximate surface area is 128 Å². The molecule has 20 heavy (non-hydrogen) atoms. The SMILES string of the molecule is CCC(C)NC(N)=NCCc1nc2cc(Cl)ccc2s1. The first-order chi connectivity index (χ1) is 9.58. The van der Waals surface area contributed by atoms with Crippen LogP contribution in [0.3, 0.4) is 0 Å². The Kier molecular flexibility index (Phi) is 5.20. The minimum Gasteiger partial charge on any atom is -0.370 e. The maximum Gasteiger partial charge on any atom is 0.188 e. The summed E-state index contributed by atoms with van der Waals surface area (Å²) >= 11 is 7.63. The fourth-order valence-corrected chi connectivity index (χ4v) is 2.83. The molecule has 1 atom stereocenters. The van der Waals surface area contributed by atoms with Crippen molar-refractivity contribution in [2.45, 2.75) is 32.7 Å². The van der Waals surface area contributed by atoms with Gasteiger partial charge in [-0.05, 0) is 31.5 Å². The van der Waals surface area contributed by atoms with Gasteiger partial charge in [-0.3, -0.25) is 4.99 Å². The van der Waals surface area contributed by atoms with Crippen molar-refractivity contribution in [3.05, 3.63) is 28.2 Å². The predicted molar refractivity (Wildman–Crippen MR) is 87.7 cm³/mol. The number of halogens is 1. The number of rotatable bonds is 5. The van der Waals surface area contributed by atoms with Gasteiger partial charge in [-0.1, -0.05) is 18.5 Å². The largest absolute Gasteiger partial charge is 0.370 e. The second-order valence-electron chi connectivity index (χ2n) is 4.69. The van der Waals surface area contributed by atoms with E-state index < -0.39 is 0 Å². The Bertz CT molecular complexity index is 608. The van der Waals surface area contributed by atoms with Crippen LogP contribution in [0.25, 0.3) is 10.2 Å². The molecule has 0 aliphatic carbocycles. The molecule has 0 bridgehead atoms. The zero-order chi connectivity index (χ0) is 14.5. The van der Waals surface area contributed by atoms with E-state index in [1.807, 2.05) is 18.2 Å². The minimum atomic E-state index is 0.350. The van der Waals surface area contributed by atoms with Crippen molar-refractivity contribution in [3.8, 4) is 0 Å². The maximum absolute atomic E-state index is 5.95. The third kappa shape index (κ3) is 4.08. The summed E-state index contributed by atoms with van der Waals surface area (Å²) < 4.78 is 1.15. The summed E-state index contributed by atoms with van der Waals surface area (Å²) in [6.07, 6.45) is 1.81. The van der Waals surface area contributed by atoms with Crippen molar-refractivity contribution >= 4 is 39.1 Å². The number of nitrogens with zero attached hydrogens (tertiary/aromatic N) is 2. The summed E-state index contributed by atoms with van der Waals surface area (Å²) in [6, 6.07) is 6.13. The predicted octanol–water partition coefficient (Wildman–Crippen LogP) is 3.20. The van der Waals surface area contributed by atoms with Gasteiger partial charge in [0.2, 0.25) is 0 Å². The molecule has 2 aromatic rings. The summed E-state index contributed by atoms with van der Waals surface area (Å²) in [5.74, 6) is 0.503. The van der Waals surface area contributed by atoms with Gasteiger partial charge < -0.3 is 11.1 Å². The number of benzene rings is 1. The second kappa shape index (κ2) is 6.90. The van der Waals surface area contributed by atoms with Crippen LogP contribution < -0.4 is 11.1 Å². The highest BCUT2D eigenvalue weighted by molar-refractivity contribution is 7.18. The average Bonchev–Trinajstić information content (AvgIpc) is 2.80. The lowest BCUT2D eigenvalue weighted by Gasteiger charge is -2.11. The van der Waals surface area contributed by atoms with Gasteiger partial charge in [0.15, 0.2) is 5.96 Å². The molecule has 0 saturated carbocycles. The number of guanidine groups is 1. The van der Waals surface area contributed by atoms with E-state index in [1.165, 1.54) is 0 Å². The van der Waals surface area contributed by atoms with E-state index in [1.54, 1.807) is 11.3 Å². The van der Waals surface area contributed by atoms with E-state index in [0.717, 1.165) is 33.1 Å². The Morgan fingerprint density at radius 3 is 3.10 bits per heavy atom. The molecular weight excluding hydrogens is 292 g/mol. The monoisotopic (exact) mass is 310 g/mol. The number of aromatic nitrogens is 1. The first-order valence-electron chi connectivity index (χ1n) is 6.70. The van der Waals surface area contributed by atoms with Crippen LogP contribution in [0.15, 0.2) is 23.2 Å². The first kappa shape index (κ1) is 15.1. The zero-order valence-electron chi connectivity index (χ0n) is 11.7. The molecule has 0 amide bonds. The number of fused-ring (bicyclic) bond motifs is 1. The van der Waals surface area contributed by atoms with Gasteiger partial charge in [-0.15, -0.1) is 11.3 Å². The molecule has 0 aliphatic rings. The molecule has 0 spiro atoms. The van der Waals surface area contributed by atoms with Crippen molar-refractivity contribution in [1.82, 2.24) is 10.3 Å². The standard InChI is InChI=1S/C14H19ClN4S/c1-3-9(2)18-14(16)17-7-6-13-19-11-8-10(15)4-5-12(11)20-13/h4-5,8-9H,3,6-7H2,1-2H3,(H3,16,17,18). The molecule has 0 radical (unpaired) electrons. The van der Waals surface area contributed by atoms with Gasteiger partial charge in [-0.2, -0.15) is 0 Å². The van der Waals surface area contributed by atoms with Crippen LogP contribution in [0.4, 0.5) is 0 Å². The normalized spacial score (nSPS) is 13.7. The fraction of sp³-hybridized carbons (Fsp3) is 0.429. The van der Waals surface area contributed by atoms with Crippen LogP contribution in [0, 0.1) is 0 Å². The highest BCUT2D eigenvalue weighted by Gasteiger charge is 2.04. The summed E-state index contributed by atoms with van der Waals surface area (Å²) in [5, 5.41) is 4.92. The van der Waals surface area contributed by atoms with Gasteiger partial charge in [0, 0.05) is 24.0 Å². The molecule has 2 rings (SSSR count). The Hall–Kier alpha value is -1.33. The van der Waals surface area contributed by atoms with Crippen LogP contribution >= 0.6 is 22.9 Å². The molecule has 4 nitrogen and oxygen atoms in total. The second-order valence-corrected chi connectivity index (χ2v) is 6.24. The van der Waals surface area contributed by atoms with E-state index in [-0.39, 0.29) is 0 Å². The summed E-state index contributed by atoms with van der Waals surface area (Å²) in [7, 11) is 0. The third-order valence-corrected chi connectivity index (χ3v) is 4.34. The third-order valence-electron chi connectivity index (χ3n) is 3.01. The molecule has 1 unspecified atom stereocenters. The van der Waals surface area contributed by atoms with Crippen LogP contribution in [-0.2, 0) is 6.42 Å². The lowest BCUT2D eigenvalue weighted by molar-refractivity contribution is 0.636. The van der Waals surface area contributed by atoms with E-state index in [2.05, 4.69) is 29.1 Å². The van der Waals surface area contributed by atoms with Gasteiger partial charge in [0.1, 0.15) is 0 Å². The topological polar surface area (TPSA) is 63.3 Å². The number of nitrogens with two attached hydrogens (primary N) is 1. The average molecular weight is 311 g/mol. The van der Waals surface area contributed by atoms with Crippen LogP contribution in [-0.4, -0.2) is 23.5 Å². The molecule has 3 N–H and O–H groups in total. The van der Waals surface area contributed by atoms with E-state index in [0.29, 0.717) is 18.5 Å². The molecule has 1 aromatic heterocycles. The van der Waals surface area contributed by atoms with E-state index in [9.17, 15) is 0 Å². The van der Waals surface area contributed by atoms with Crippen molar-refractivity contribution in [3.63, 3.8) is 0 Å². The minimum absolute atomic E-state index is 0.350. The molecule has 1 aromatic carbocycles. The highest BCUT2D eigenvalue weighted by atomic mass is 35.5. The molecule has 1 heterocycles. The highest BCUT2D eigenvalue weighted by Crippen LogP contribution is 2.25. The summed E-state index contributed by atoms with van der Waals surface area (Å²) in [5.41, 5.74) is 6.76. The molecule has 0 fully saturated rings. The van der Waals surface area contributed by atoms with Gasteiger partial charge in [0.05, 0.1) is 15.2 Å². The van der Waals surface area contributed by atoms with E-state index >= 15 is 0 Å². The Morgan fingerprint density at radius 2 is 2.35 bits per heavy atom. The molecule has 6 heteroatoms. The number of hydrogen-bond donors (Lipinski definition) is 2. The molecule has 0 aliphatic heterocycles. The Balaban J connectivity index is 1.94. The van der Waals surface area contributed by atoms with Crippen molar-refractivity contribution in [2.75, 3.05) is 6.54 Å². The molecular formula is C14H19ClN4S. The summed E-state index contributed by atoms with van der Waals surface area (Å²) in [4.78, 5) is 8.87. The van der Waals surface area contributed by atoms with Crippen molar-refractivity contribution in [1.29, 1.82) is 0 Å². The van der Waals surface area contributed by atoms with Crippen LogP contribution in [0.2, 0.25) is 5.02 Å². The lowest BCUT2D eigenvalue weighted by Crippen LogP contribution is -2.38. The van der Waals surface area contributed by atoms with Gasteiger partial charge in [-0.25, -0.2) is 4.98 Å². The van der Waals surface area contributed by atoms with Crippen molar-refractivity contribution < 1.29 is 0 Å². The fourth-order valence-electron chi connectivity index (χ4n) is 1.73. The maximum atomic E-state index is 5.95. The molecule has 0 saturated heterocycles. The van der Waals surface area contributed by atoms with Crippen molar-refractivity contribution in [2.24, 2.45) is 10.7 Å². The van der Waals surface area contributed by atoms with Crippen LogP contribution in [0.5, 0.6) is 0 Å². The summed E-state index contributed by atoms with van der Waals surface area (Å²) in [6.45, 7) is 4.83. The number of nitrogens with one attached hydrogen (secondary N) is 1. The van der Waals surface area contributed by atoms with Gasteiger partial charge in [0.25, 0.3) is 0 Å².